The number of ether oxygens (including phenoxy) is 1. The van der Waals surface area contributed by atoms with Crippen LogP contribution < -0.4 is 9.64 Å². The third kappa shape index (κ3) is 3.99. The van der Waals surface area contributed by atoms with E-state index in [0.29, 0.717) is 37.2 Å². The average molecular weight is 486 g/mol. The second-order valence-corrected chi connectivity index (χ2v) is 9.43. The van der Waals surface area contributed by atoms with E-state index in [1.54, 1.807) is 6.20 Å². The number of hydrogen-bond donors (Lipinski definition) is 0. The van der Waals surface area contributed by atoms with Gasteiger partial charge >= 0.3 is 6.01 Å². The fourth-order valence-corrected chi connectivity index (χ4v) is 4.95. The summed E-state index contributed by atoms with van der Waals surface area (Å²) in [7, 11) is 2.13. The maximum absolute atomic E-state index is 14.5. The van der Waals surface area contributed by atoms with E-state index in [1.807, 2.05) is 18.2 Å². The molecule has 0 radical (unpaired) electrons. The Morgan fingerprint density at radius 2 is 2.13 bits per heavy atom. The van der Waals surface area contributed by atoms with Crippen molar-refractivity contribution >= 4 is 32.7 Å². The Hall–Kier alpha value is -2.32. The van der Waals surface area contributed by atoms with Crippen molar-refractivity contribution < 1.29 is 9.13 Å². The fourth-order valence-electron chi connectivity index (χ4n) is 4.60. The van der Waals surface area contributed by atoms with Gasteiger partial charge in [-0.2, -0.15) is 9.97 Å². The first-order chi connectivity index (χ1) is 15.0. The number of hydrogen-bond acceptors (Lipinski definition) is 6. The van der Waals surface area contributed by atoms with E-state index >= 15 is 0 Å². The standard InChI is InChI=1S/C23H25BrFN5O/c1-14-8-15-10-26-11-20(25)19(15)12-30(14)22-18-6-5-16(24)9-21(18)27-23(28-22)31-13-17-4-3-7-29(17)2/h5-6,9-11,14,17H,3-4,7-8,12-13H2,1-2H3/t14-,17+/m1/s1. The molecule has 2 aliphatic rings. The molecular formula is C23H25BrFN5O. The summed E-state index contributed by atoms with van der Waals surface area (Å²) in [6.45, 7) is 4.23. The Morgan fingerprint density at radius 3 is 2.94 bits per heavy atom. The van der Waals surface area contributed by atoms with E-state index in [0.717, 1.165) is 39.7 Å². The highest BCUT2D eigenvalue weighted by molar-refractivity contribution is 9.10. The first-order valence-corrected chi connectivity index (χ1v) is 11.5. The van der Waals surface area contributed by atoms with E-state index in [1.165, 1.54) is 12.6 Å². The second-order valence-electron chi connectivity index (χ2n) is 8.52. The quantitative estimate of drug-likeness (QED) is 0.547. The van der Waals surface area contributed by atoms with E-state index in [2.05, 4.69) is 49.7 Å². The number of likely N-dealkylation sites (N-methyl/N-ethyl adjacent to an activating group) is 1. The molecule has 2 aliphatic heterocycles. The Bertz CT molecular complexity index is 1130. The Labute approximate surface area is 189 Å². The molecule has 2 aromatic heterocycles. The highest BCUT2D eigenvalue weighted by Gasteiger charge is 2.29. The largest absolute Gasteiger partial charge is 0.462 e. The van der Waals surface area contributed by atoms with Gasteiger partial charge in [0.1, 0.15) is 18.2 Å². The van der Waals surface area contributed by atoms with Crippen molar-refractivity contribution in [2.75, 3.05) is 25.1 Å². The molecule has 8 heteroatoms. The normalized spacial score (nSPS) is 21.5. The van der Waals surface area contributed by atoms with Crippen molar-refractivity contribution in [3.63, 3.8) is 0 Å². The Kier molecular flexibility index (Phi) is 5.52. The maximum Gasteiger partial charge on any atom is 0.319 e. The van der Waals surface area contributed by atoms with Crippen LogP contribution in [-0.2, 0) is 13.0 Å². The number of halogens is 2. The number of benzene rings is 1. The molecule has 31 heavy (non-hydrogen) atoms. The first kappa shape index (κ1) is 20.6. The number of aromatic nitrogens is 3. The van der Waals surface area contributed by atoms with Crippen molar-refractivity contribution in [2.45, 2.75) is 44.8 Å². The van der Waals surface area contributed by atoms with Crippen molar-refractivity contribution in [2.24, 2.45) is 0 Å². The van der Waals surface area contributed by atoms with E-state index < -0.39 is 0 Å². The smallest absolute Gasteiger partial charge is 0.319 e. The SMILES string of the molecule is C[C@@H]1Cc2cncc(F)c2CN1c1nc(OC[C@@H]2CCCN2C)nc2cc(Br)ccc12. The molecule has 3 aromatic rings. The zero-order valence-corrected chi connectivity index (χ0v) is 19.3. The number of pyridine rings is 1. The van der Waals surface area contributed by atoms with E-state index in [4.69, 9.17) is 9.72 Å². The average Bonchev–Trinajstić information content (AvgIpc) is 3.16. The van der Waals surface area contributed by atoms with Crippen LogP contribution in [0.5, 0.6) is 6.01 Å². The summed E-state index contributed by atoms with van der Waals surface area (Å²) in [5.41, 5.74) is 2.46. The summed E-state index contributed by atoms with van der Waals surface area (Å²) in [5, 5.41) is 0.929. The third-order valence-electron chi connectivity index (χ3n) is 6.44. The molecule has 0 saturated carbocycles. The summed E-state index contributed by atoms with van der Waals surface area (Å²) < 4.78 is 21.5. The van der Waals surface area contributed by atoms with E-state index in [-0.39, 0.29) is 11.9 Å². The molecular weight excluding hydrogens is 461 g/mol. The topological polar surface area (TPSA) is 54.4 Å². The molecule has 0 N–H and O–H groups in total. The van der Waals surface area contributed by atoms with Gasteiger partial charge in [0, 0.05) is 40.2 Å². The van der Waals surface area contributed by atoms with Crippen LogP contribution in [0, 0.1) is 5.82 Å². The minimum absolute atomic E-state index is 0.145. The number of likely N-dealkylation sites (tertiary alicyclic amines) is 1. The van der Waals surface area contributed by atoms with Gasteiger partial charge in [-0.1, -0.05) is 15.9 Å². The van der Waals surface area contributed by atoms with Gasteiger partial charge in [-0.05, 0) is 63.5 Å². The van der Waals surface area contributed by atoms with Gasteiger partial charge in [0.2, 0.25) is 0 Å². The molecule has 2 atom stereocenters. The third-order valence-corrected chi connectivity index (χ3v) is 6.93. The van der Waals surface area contributed by atoms with Crippen molar-refractivity contribution in [1.29, 1.82) is 0 Å². The molecule has 5 rings (SSSR count). The lowest BCUT2D eigenvalue weighted by Crippen LogP contribution is -2.39. The van der Waals surface area contributed by atoms with Crippen LogP contribution in [0.25, 0.3) is 10.9 Å². The lowest BCUT2D eigenvalue weighted by molar-refractivity contribution is 0.188. The van der Waals surface area contributed by atoms with Crippen molar-refractivity contribution in [1.82, 2.24) is 19.9 Å². The number of fused-ring (bicyclic) bond motifs is 2. The van der Waals surface area contributed by atoms with Gasteiger partial charge in [0.05, 0.1) is 11.7 Å². The van der Waals surface area contributed by atoms with Crippen LogP contribution in [0.15, 0.2) is 35.1 Å². The van der Waals surface area contributed by atoms with Gasteiger partial charge in [-0.25, -0.2) is 4.39 Å². The molecule has 162 valence electrons. The Morgan fingerprint density at radius 1 is 1.26 bits per heavy atom. The van der Waals surface area contributed by atoms with Gasteiger partial charge in [0.25, 0.3) is 0 Å². The zero-order valence-electron chi connectivity index (χ0n) is 17.7. The van der Waals surface area contributed by atoms with Crippen LogP contribution in [0.1, 0.15) is 30.9 Å². The van der Waals surface area contributed by atoms with Crippen LogP contribution >= 0.6 is 15.9 Å². The van der Waals surface area contributed by atoms with Crippen LogP contribution in [0.2, 0.25) is 0 Å². The molecule has 1 fully saturated rings. The highest BCUT2D eigenvalue weighted by Crippen LogP contribution is 2.34. The Balaban J connectivity index is 1.53. The summed E-state index contributed by atoms with van der Waals surface area (Å²) in [5.74, 6) is 0.512. The molecule has 0 bridgehead atoms. The van der Waals surface area contributed by atoms with Crippen molar-refractivity contribution in [3.8, 4) is 6.01 Å². The van der Waals surface area contributed by atoms with E-state index in [9.17, 15) is 4.39 Å². The van der Waals surface area contributed by atoms with Crippen molar-refractivity contribution in [3.05, 3.63) is 52.0 Å². The zero-order chi connectivity index (χ0) is 21.5. The summed E-state index contributed by atoms with van der Waals surface area (Å²) >= 11 is 3.54. The molecule has 0 aliphatic carbocycles. The molecule has 0 spiro atoms. The number of rotatable bonds is 4. The van der Waals surface area contributed by atoms with Gasteiger partial charge in [-0.3, -0.25) is 4.98 Å². The lowest BCUT2D eigenvalue weighted by atomic mass is 9.96. The fraction of sp³-hybridized carbons (Fsp3) is 0.435. The van der Waals surface area contributed by atoms with Gasteiger partial charge in [0.15, 0.2) is 0 Å². The summed E-state index contributed by atoms with van der Waals surface area (Å²) in [4.78, 5) is 18.0. The molecule has 6 nitrogen and oxygen atoms in total. The van der Waals surface area contributed by atoms with Crippen LogP contribution in [-0.4, -0.2) is 52.1 Å². The number of anilines is 1. The summed E-state index contributed by atoms with van der Waals surface area (Å²) in [6.07, 6.45) is 6.08. The minimum atomic E-state index is -0.267. The monoisotopic (exact) mass is 485 g/mol. The van der Waals surface area contributed by atoms with Crippen LogP contribution in [0.4, 0.5) is 10.2 Å². The molecule has 0 unspecified atom stereocenters. The highest BCUT2D eigenvalue weighted by atomic mass is 79.9. The predicted molar refractivity (Wildman–Crippen MR) is 122 cm³/mol. The number of nitrogens with zero attached hydrogens (tertiary/aromatic N) is 5. The second kappa shape index (κ2) is 8.31. The maximum atomic E-state index is 14.5. The molecule has 1 aromatic carbocycles. The lowest BCUT2D eigenvalue weighted by Gasteiger charge is -2.36. The van der Waals surface area contributed by atoms with Crippen LogP contribution in [0.3, 0.4) is 0 Å². The molecule has 0 amide bonds. The summed E-state index contributed by atoms with van der Waals surface area (Å²) in [6, 6.07) is 6.86. The van der Waals surface area contributed by atoms with Gasteiger partial charge < -0.3 is 14.5 Å². The molecule has 4 heterocycles. The first-order valence-electron chi connectivity index (χ1n) is 10.7. The predicted octanol–water partition coefficient (Wildman–Crippen LogP) is 4.35. The minimum Gasteiger partial charge on any atom is -0.462 e. The molecule has 1 saturated heterocycles. The van der Waals surface area contributed by atoms with Gasteiger partial charge in [-0.15, -0.1) is 0 Å².